The molecule has 0 saturated heterocycles. The smallest absolute Gasteiger partial charge is 0.194 e. The quantitative estimate of drug-likeness (QED) is 0.420. The van der Waals surface area contributed by atoms with Crippen molar-refractivity contribution in [3.8, 4) is 22.5 Å². The molecular weight excluding hydrogens is 430 g/mol. The molecule has 33 heavy (non-hydrogen) atoms. The van der Waals surface area contributed by atoms with E-state index in [0.29, 0.717) is 12.4 Å². The Balaban J connectivity index is 1.42. The first-order valence-electron chi connectivity index (χ1n) is 10.6. The second-order valence-electron chi connectivity index (χ2n) is 7.64. The number of nitrogens with zero attached hydrogens (tertiary/aromatic N) is 6. The highest BCUT2D eigenvalue weighted by Crippen LogP contribution is 2.40. The van der Waals surface area contributed by atoms with Gasteiger partial charge in [-0.25, -0.2) is 14.6 Å². The van der Waals surface area contributed by atoms with Crippen LogP contribution < -0.4 is 5.32 Å². The van der Waals surface area contributed by atoms with E-state index < -0.39 is 0 Å². The first kappa shape index (κ1) is 19.8. The van der Waals surface area contributed by atoms with Gasteiger partial charge in [0.05, 0.1) is 0 Å². The molecule has 1 atom stereocenters. The number of fused-ring (bicyclic) bond motifs is 2. The summed E-state index contributed by atoms with van der Waals surface area (Å²) in [5.74, 6) is 0.648. The lowest BCUT2D eigenvalue weighted by Crippen LogP contribution is -2.31. The van der Waals surface area contributed by atoms with Gasteiger partial charge in [0.25, 0.3) is 0 Å². The number of rotatable bonds is 5. The summed E-state index contributed by atoms with van der Waals surface area (Å²) in [5, 5.41) is 10.2. The van der Waals surface area contributed by atoms with Crippen LogP contribution in [-0.2, 0) is 6.54 Å². The van der Waals surface area contributed by atoms with E-state index in [0.717, 1.165) is 38.0 Å². The molecule has 0 fully saturated rings. The normalized spacial score (nSPS) is 14.5. The molecule has 0 saturated carbocycles. The molecule has 0 spiro atoms. The van der Waals surface area contributed by atoms with Gasteiger partial charge in [0.15, 0.2) is 11.0 Å². The van der Waals surface area contributed by atoms with E-state index in [1.807, 2.05) is 53.5 Å². The van der Waals surface area contributed by atoms with E-state index in [4.69, 9.17) is 15.1 Å². The zero-order valence-electron chi connectivity index (χ0n) is 17.5. The van der Waals surface area contributed by atoms with Crippen LogP contribution in [0.15, 0.2) is 102 Å². The highest BCUT2D eigenvalue weighted by atomic mass is 32.2. The summed E-state index contributed by atoms with van der Waals surface area (Å²) in [6, 6.07) is 20.3. The largest absolute Gasteiger partial charge is 0.288 e. The minimum absolute atomic E-state index is 0.217. The lowest BCUT2D eigenvalue weighted by Gasteiger charge is -2.26. The second-order valence-corrected chi connectivity index (χ2v) is 8.59. The number of aromatic nitrogens is 6. The predicted octanol–water partition coefficient (Wildman–Crippen LogP) is 4.60. The SMILES string of the molecule is c1ccc(-c2cnc3c(c2)[C@@H](NCc2cccnc2)n2nc(-c4cccnc4)nc2S3)cc1. The zero-order valence-corrected chi connectivity index (χ0v) is 18.4. The standard InChI is InChI=1S/C25H19N7S/c1-2-7-18(8-3-1)20-12-21-23(28-14-17-6-4-10-26-13-17)32-25(33-24(21)29-16-20)30-22(31-32)19-9-5-11-27-15-19/h1-13,15-16,23,28H,14H2/t23-/m0/s1. The number of nitrogens with one attached hydrogen (secondary N) is 1. The number of pyridine rings is 3. The van der Waals surface area contributed by atoms with Crippen LogP contribution in [0.2, 0.25) is 0 Å². The van der Waals surface area contributed by atoms with E-state index in [-0.39, 0.29) is 6.17 Å². The van der Waals surface area contributed by atoms with Crippen molar-refractivity contribution >= 4 is 11.8 Å². The molecule has 0 amide bonds. The highest BCUT2D eigenvalue weighted by molar-refractivity contribution is 7.99. The van der Waals surface area contributed by atoms with E-state index in [2.05, 4.69) is 39.6 Å². The molecule has 1 aromatic carbocycles. The zero-order chi connectivity index (χ0) is 22.0. The Morgan fingerprint density at radius 2 is 1.67 bits per heavy atom. The summed E-state index contributed by atoms with van der Waals surface area (Å²) in [5.41, 5.74) is 5.25. The number of hydrogen-bond acceptors (Lipinski definition) is 7. The van der Waals surface area contributed by atoms with Crippen LogP contribution in [-0.4, -0.2) is 29.7 Å². The molecule has 0 aliphatic carbocycles. The predicted molar refractivity (Wildman–Crippen MR) is 126 cm³/mol. The van der Waals surface area contributed by atoms with E-state index in [1.165, 1.54) is 11.8 Å². The fraction of sp³-hybridized carbons (Fsp3) is 0.0800. The summed E-state index contributed by atoms with van der Waals surface area (Å²) >= 11 is 1.53. The molecule has 0 radical (unpaired) electrons. The molecule has 7 nitrogen and oxygen atoms in total. The molecule has 4 aromatic heterocycles. The lowest BCUT2D eigenvalue weighted by atomic mass is 10.0. The van der Waals surface area contributed by atoms with Crippen LogP contribution >= 0.6 is 11.8 Å². The molecular formula is C25H19N7S. The fourth-order valence-electron chi connectivity index (χ4n) is 3.83. The maximum absolute atomic E-state index is 4.85. The topological polar surface area (TPSA) is 81.4 Å². The summed E-state index contributed by atoms with van der Waals surface area (Å²) in [7, 11) is 0. The van der Waals surface area contributed by atoms with Gasteiger partial charge in [-0.2, -0.15) is 0 Å². The number of benzene rings is 1. The second kappa shape index (κ2) is 8.57. The third-order valence-electron chi connectivity index (χ3n) is 5.46. The monoisotopic (exact) mass is 449 g/mol. The summed E-state index contributed by atoms with van der Waals surface area (Å²) in [4.78, 5) is 18.0. The summed E-state index contributed by atoms with van der Waals surface area (Å²) < 4.78 is 1.95. The molecule has 0 bridgehead atoms. The Bertz CT molecular complexity index is 1390. The summed E-state index contributed by atoms with van der Waals surface area (Å²) in [6.45, 7) is 0.639. The van der Waals surface area contributed by atoms with Crippen LogP contribution in [0.3, 0.4) is 0 Å². The van der Waals surface area contributed by atoms with Gasteiger partial charge in [0.2, 0.25) is 0 Å². The summed E-state index contributed by atoms with van der Waals surface area (Å²) in [6.07, 6.45) is 8.88. The average molecular weight is 450 g/mol. The van der Waals surface area contributed by atoms with E-state index in [1.54, 1.807) is 18.6 Å². The third kappa shape index (κ3) is 3.90. The van der Waals surface area contributed by atoms with Crippen LogP contribution in [0.25, 0.3) is 22.5 Å². The molecule has 6 rings (SSSR count). The maximum Gasteiger partial charge on any atom is 0.194 e. The van der Waals surface area contributed by atoms with Gasteiger partial charge in [-0.1, -0.05) is 36.4 Å². The van der Waals surface area contributed by atoms with Crippen molar-refractivity contribution < 1.29 is 0 Å². The third-order valence-corrected chi connectivity index (χ3v) is 6.45. The molecule has 1 N–H and O–H groups in total. The minimum Gasteiger partial charge on any atom is -0.288 e. The van der Waals surface area contributed by atoms with Gasteiger partial charge >= 0.3 is 0 Å². The Morgan fingerprint density at radius 1 is 0.848 bits per heavy atom. The van der Waals surface area contributed by atoms with Crippen LogP contribution in [0.1, 0.15) is 17.3 Å². The fourth-order valence-corrected chi connectivity index (χ4v) is 4.77. The van der Waals surface area contributed by atoms with Gasteiger partial charge in [-0.05, 0) is 47.2 Å². The van der Waals surface area contributed by atoms with Crippen LogP contribution in [0.4, 0.5) is 0 Å². The van der Waals surface area contributed by atoms with Crippen molar-refractivity contribution in [1.82, 2.24) is 35.0 Å². The first-order valence-corrected chi connectivity index (χ1v) is 11.4. The Hall–Kier alpha value is -3.88. The Labute approximate surface area is 195 Å². The molecule has 1 aliphatic rings. The first-order chi connectivity index (χ1) is 16.3. The van der Waals surface area contributed by atoms with Crippen molar-refractivity contribution in [2.45, 2.75) is 22.9 Å². The van der Waals surface area contributed by atoms with Gasteiger partial charge in [-0.15, -0.1) is 5.10 Å². The van der Waals surface area contributed by atoms with Crippen molar-refractivity contribution in [3.05, 3.63) is 103 Å². The van der Waals surface area contributed by atoms with E-state index in [9.17, 15) is 0 Å². The Kier molecular flexibility index (Phi) is 5.14. The Morgan fingerprint density at radius 3 is 2.45 bits per heavy atom. The van der Waals surface area contributed by atoms with Crippen molar-refractivity contribution in [1.29, 1.82) is 0 Å². The maximum atomic E-state index is 4.85. The van der Waals surface area contributed by atoms with Gasteiger partial charge in [-0.3, -0.25) is 15.3 Å². The van der Waals surface area contributed by atoms with Crippen LogP contribution in [0.5, 0.6) is 0 Å². The lowest BCUT2D eigenvalue weighted by molar-refractivity contribution is 0.385. The minimum atomic E-state index is -0.217. The molecule has 8 heteroatoms. The van der Waals surface area contributed by atoms with Gasteiger partial charge < -0.3 is 0 Å². The van der Waals surface area contributed by atoms with Crippen molar-refractivity contribution in [3.63, 3.8) is 0 Å². The molecule has 5 aromatic rings. The van der Waals surface area contributed by atoms with Crippen LogP contribution in [0, 0.1) is 0 Å². The molecule has 0 unspecified atom stereocenters. The highest BCUT2D eigenvalue weighted by Gasteiger charge is 2.30. The van der Waals surface area contributed by atoms with Crippen molar-refractivity contribution in [2.75, 3.05) is 0 Å². The average Bonchev–Trinajstić information content (AvgIpc) is 3.32. The van der Waals surface area contributed by atoms with E-state index >= 15 is 0 Å². The molecule has 1 aliphatic heterocycles. The van der Waals surface area contributed by atoms with Gasteiger partial charge in [0.1, 0.15) is 11.2 Å². The molecule has 5 heterocycles. The number of hydrogen-bond donors (Lipinski definition) is 1. The molecule has 160 valence electrons. The van der Waals surface area contributed by atoms with Crippen molar-refractivity contribution in [2.24, 2.45) is 0 Å². The van der Waals surface area contributed by atoms with Gasteiger partial charge in [0, 0.05) is 54.2 Å².